The molecule has 0 amide bonds. The van der Waals surface area contributed by atoms with Crippen molar-refractivity contribution in [3.05, 3.63) is 29.3 Å². The van der Waals surface area contributed by atoms with Crippen LogP contribution in [-0.4, -0.2) is 24.2 Å². The molecule has 1 aromatic carbocycles. The standard InChI is InChI=1S/C13H20N2OS/c1-9-5-6-10(12(14)17)11(7-9)15-8-13(2,3)16-4/h5-7,15H,8H2,1-4H3,(H2,14,17). The van der Waals surface area contributed by atoms with E-state index < -0.39 is 0 Å². The maximum atomic E-state index is 5.70. The number of benzene rings is 1. The fourth-order valence-electron chi connectivity index (χ4n) is 1.40. The summed E-state index contributed by atoms with van der Waals surface area (Å²) in [5.74, 6) is 0. The zero-order chi connectivity index (χ0) is 13.1. The molecular formula is C13H20N2OS. The predicted molar refractivity (Wildman–Crippen MR) is 76.6 cm³/mol. The van der Waals surface area contributed by atoms with Gasteiger partial charge in [-0.2, -0.15) is 0 Å². The highest BCUT2D eigenvalue weighted by molar-refractivity contribution is 7.80. The summed E-state index contributed by atoms with van der Waals surface area (Å²) in [7, 11) is 1.70. The molecule has 1 aromatic rings. The molecule has 0 aliphatic carbocycles. The molecule has 0 unspecified atom stereocenters. The number of thiocarbonyl (C=S) groups is 1. The molecule has 94 valence electrons. The van der Waals surface area contributed by atoms with Crippen molar-refractivity contribution < 1.29 is 4.74 Å². The van der Waals surface area contributed by atoms with Crippen molar-refractivity contribution in [2.45, 2.75) is 26.4 Å². The summed E-state index contributed by atoms with van der Waals surface area (Å²) in [5, 5.41) is 3.33. The summed E-state index contributed by atoms with van der Waals surface area (Å²) in [6.07, 6.45) is 0. The zero-order valence-electron chi connectivity index (χ0n) is 10.8. The second-order valence-corrected chi connectivity index (χ2v) is 5.17. The van der Waals surface area contributed by atoms with Crippen LogP contribution in [0.4, 0.5) is 5.69 Å². The third-order valence-electron chi connectivity index (χ3n) is 2.70. The van der Waals surface area contributed by atoms with E-state index in [4.69, 9.17) is 22.7 Å². The number of rotatable bonds is 5. The Labute approximate surface area is 108 Å². The molecule has 0 aliphatic rings. The summed E-state index contributed by atoms with van der Waals surface area (Å²) in [6, 6.07) is 5.99. The van der Waals surface area contributed by atoms with E-state index in [2.05, 4.69) is 5.32 Å². The van der Waals surface area contributed by atoms with Gasteiger partial charge in [-0.1, -0.05) is 18.3 Å². The number of anilines is 1. The van der Waals surface area contributed by atoms with Gasteiger partial charge in [0.1, 0.15) is 4.99 Å². The van der Waals surface area contributed by atoms with Gasteiger partial charge in [0, 0.05) is 24.9 Å². The third kappa shape index (κ3) is 3.98. The number of hydrogen-bond donors (Lipinski definition) is 2. The van der Waals surface area contributed by atoms with Crippen LogP contribution in [0.3, 0.4) is 0 Å². The van der Waals surface area contributed by atoms with Crippen LogP contribution in [-0.2, 0) is 4.74 Å². The number of nitrogens with one attached hydrogen (secondary N) is 1. The number of ether oxygens (including phenoxy) is 1. The molecule has 0 heterocycles. The Hall–Kier alpha value is -1.13. The van der Waals surface area contributed by atoms with Crippen LogP contribution in [0.1, 0.15) is 25.0 Å². The first kappa shape index (κ1) is 13.9. The van der Waals surface area contributed by atoms with Gasteiger partial charge < -0.3 is 15.8 Å². The van der Waals surface area contributed by atoms with Gasteiger partial charge in [-0.25, -0.2) is 0 Å². The molecule has 0 spiro atoms. The van der Waals surface area contributed by atoms with Crippen molar-refractivity contribution >= 4 is 22.9 Å². The highest BCUT2D eigenvalue weighted by atomic mass is 32.1. The summed E-state index contributed by atoms with van der Waals surface area (Å²) >= 11 is 5.04. The van der Waals surface area contributed by atoms with Crippen molar-refractivity contribution in [1.29, 1.82) is 0 Å². The lowest BCUT2D eigenvalue weighted by Crippen LogP contribution is -2.32. The number of nitrogens with two attached hydrogens (primary N) is 1. The van der Waals surface area contributed by atoms with Crippen molar-refractivity contribution in [3.8, 4) is 0 Å². The van der Waals surface area contributed by atoms with Crippen LogP contribution < -0.4 is 11.1 Å². The van der Waals surface area contributed by atoms with Crippen LogP contribution in [0, 0.1) is 6.92 Å². The molecule has 0 fully saturated rings. The molecule has 0 saturated carbocycles. The van der Waals surface area contributed by atoms with E-state index in [1.165, 1.54) is 5.56 Å². The lowest BCUT2D eigenvalue weighted by atomic mass is 10.1. The second kappa shape index (κ2) is 5.47. The first-order chi connectivity index (χ1) is 7.85. The first-order valence-corrected chi connectivity index (χ1v) is 5.96. The topological polar surface area (TPSA) is 47.3 Å². The molecule has 1 rings (SSSR count). The monoisotopic (exact) mass is 252 g/mol. The van der Waals surface area contributed by atoms with E-state index in [1.807, 2.05) is 39.0 Å². The van der Waals surface area contributed by atoms with Crippen LogP contribution >= 0.6 is 12.2 Å². The number of aryl methyl sites for hydroxylation is 1. The Bertz CT molecular complexity index is 416. The van der Waals surface area contributed by atoms with E-state index in [0.717, 1.165) is 11.3 Å². The lowest BCUT2D eigenvalue weighted by Gasteiger charge is -2.24. The van der Waals surface area contributed by atoms with Gasteiger partial charge >= 0.3 is 0 Å². The molecule has 0 radical (unpaired) electrons. The molecule has 0 aromatic heterocycles. The average molecular weight is 252 g/mol. The predicted octanol–water partition coefficient (Wildman–Crippen LogP) is 2.47. The van der Waals surface area contributed by atoms with Crippen LogP contribution in [0.25, 0.3) is 0 Å². The van der Waals surface area contributed by atoms with Crippen LogP contribution in [0.2, 0.25) is 0 Å². The number of hydrogen-bond acceptors (Lipinski definition) is 3. The second-order valence-electron chi connectivity index (χ2n) is 4.73. The van der Waals surface area contributed by atoms with E-state index >= 15 is 0 Å². The zero-order valence-corrected chi connectivity index (χ0v) is 11.6. The largest absolute Gasteiger partial charge is 0.389 e. The lowest BCUT2D eigenvalue weighted by molar-refractivity contribution is 0.0344. The van der Waals surface area contributed by atoms with E-state index in [0.29, 0.717) is 11.5 Å². The Morgan fingerprint density at radius 2 is 2.12 bits per heavy atom. The Balaban J connectivity index is 2.89. The van der Waals surface area contributed by atoms with Gasteiger partial charge in [0.05, 0.1) is 5.60 Å². The quantitative estimate of drug-likeness (QED) is 0.790. The molecule has 3 nitrogen and oxygen atoms in total. The van der Waals surface area contributed by atoms with Gasteiger partial charge in [0.15, 0.2) is 0 Å². The molecule has 0 saturated heterocycles. The molecular weight excluding hydrogens is 232 g/mol. The van der Waals surface area contributed by atoms with Gasteiger partial charge in [-0.05, 0) is 38.5 Å². The minimum absolute atomic E-state index is 0.225. The van der Waals surface area contributed by atoms with Crippen molar-refractivity contribution in [3.63, 3.8) is 0 Å². The van der Waals surface area contributed by atoms with Gasteiger partial charge in [0.25, 0.3) is 0 Å². The Morgan fingerprint density at radius 3 is 2.65 bits per heavy atom. The highest BCUT2D eigenvalue weighted by Gasteiger charge is 2.16. The fraction of sp³-hybridized carbons (Fsp3) is 0.462. The first-order valence-electron chi connectivity index (χ1n) is 5.55. The van der Waals surface area contributed by atoms with E-state index in [-0.39, 0.29) is 5.60 Å². The minimum Gasteiger partial charge on any atom is -0.389 e. The SMILES string of the molecule is COC(C)(C)CNc1cc(C)ccc1C(N)=S. The Kier molecular flexibility index (Phi) is 4.48. The third-order valence-corrected chi connectivity index (χ3v) is 2.92. The average Bonchev–Trinajstić information content (AvgIpc) is 2.26. The normalized spacial score (nSPS) is 11.3. The minimum atomic E-state index is -0.225. The summed E-state index contributed by atoms with van der Waals surface area (Å²) in [5.41, 5.74) is 8.47. The molecule has 3 N–H and O–H groups in total. The number of methoxy groups -OCH3 is 1. The molecule has 0 bridgehead atoms. The van der Waals surface area contributed by atoms with Crippen LogP contribution in [0.5, 0.6) is 0 Å². The van der Waals surface area contributed by atoms with Crippen molar-refractivity contribution in [1.82, 2.24) is 0 Å². The molecule has 0 atom stereocenters. The molecule has 0 aliphatic heterocycles. The van der Waals surface area contributed by atoms with Gasteiger partial charge in [0.2, 0.25) is 0 Å². The van der Waals surface area contributed by atoms with Gasteiger partial charge in [-0.3, -0.25) is 0 Å². The summed E-state index contributed by atoms with van der Waals surface area (Å²) < 4.78 is 5.36. The Morgan fingerprint density at radius 1 is 1.47 bits per heavy atom. The van der Waals surface area contributed by atoms with Crippen LogP contribution in [0.15, 0.2) is 18.2 Å². The maximum Gasteiger partial charge on any atom is 0.106 e. The van der Waals surface area contributed by atoms with E-state index in [1.54, 1.807) is 7.11 Å². The molecule has 17 heavy (non-hydrogen) atoms. The summed E-state index contributed by atoms with van der Waals surface area (Å²) in [4.78, 5) is 0.405. The van der Waals surface area contributed by atoms with Crippen molar-refractivity contribution in [2.75, 3.05) is 19.0 Å². The maximum absolute atomic E-state index is 5.70. The summed E-state index contributed by atoms with van der Waals surface area (Å²) in [6.45, 7) is 6.78. The smallest absolute Gasteiger partial charge is 0.106 e. The van der Waals surface area contributed by atoms with E-state index in [9.17, 15) is 0 Å². The molecule has 4 heteroatoms. The fourth-order valence-corrected chi connectivity index (χ4v) is 1.58. The highest BCUT2D eigenvalue weighted by Crippen LogP contribution is 2.19. The van der Waals surface area contributed by atoms with Gasteiger partial charge in [-0.15, -0.1) is 0 Å². The van der Waals surface area contributed by atoms with Crippen molar-refractivity contribution in [2.24, 2.45) is 5.73 Å².